The Balaban J connectivity index is 0. The fourth-order valence-corrected chi connectivity index (χ4v) is 5.98. The lowest BCUT2D eigenvalue weighted by Crippen LogP contribution is -1.85. The highest BCUT2D eigenvalue weighted by Gasteiger charge is 1.97. The van der Waals surface area contributed by atoms with Crippen molar-refractivity contribution in [3.05, 3.63) is 0 Å². The maximum atomic E-state index is 2.31. The van der Waals surface area contributed by atoms with Crippen molar-refractivity contribution >= 4 is 12.4 Å². The van der Waals surface area contributed by atoms with Gasteiger partial charge in [0.25, 0.3) is 0 Å². The van der Waals surface area contributed by atoms with E-state index in [1.165, 1.54) is 225 Å². The molecule has 0 amide bonds. The van der Waals surface area contributed by atoms with Crippen LogP contribution in [0.4, 0.5) is 0 Å². The van der Waals surface area contributed by atoms with Crippen LogP contribution in [0.5, 0.6) is 0 Å². The molecule has 1 heteroatoms. The molecule has 232 valence electrons. The van der Waals surface area contributed by atoms with Gasteiger partial charge in [0.05, 0.1) is 0 Å². The topological polar surface area (TPSA) is 0 Å². The van der Waals surface area contributed by atoms with E-state index in [2.05, 4.69) is 13.8 Å². The molecule has 0 aromatic rings. The molecule has 0 nitrogen and oxygen atoms in total. The number of hydrogen-bond acceptors (Lipinski definition) is 0. The summed E-state index contributed by atoms with van der Waals surface area (Å²) in [7, 11) is 0. The third-order valence-electron chi connectivity index (χ3n) is 8.71. The maximum absolute atomic E-state index is 2.31. The summed E-state index contributed by atoms with van der Waals surface area (Å²) in [6, 6.07) is 0. The monoisotopic (exact) mass is 557 g/mol. The zero-order valence-electron chi connectivity index (χ0n) is 27.2. The normalized spacial score (nSPS) is 11.2. The van der Waals surface area contributed by atoms with Gasteiger partial charge in [-0.15, -0.1) is 12.4 Å². The fraction of sp³-hybridized carbons (Fsp3) is 1.00. The predicted molar refractivity (Wildman–Crippen MR) is 180 cm³/mol. The van der Waals surface area contributed by atoms with Gasteiger partial charge in [-0.1, -0.05) is 239 Å². The third kappa shape index (κ3) is 38.4. The molecular formula is C37H77Cl. The first-order valence-electron chi connectivity index (χ1n) is 18.4. The van der Waals surface area contributed by atoms with E-state index in [0.29, 0.717) is 0 Å². The Kier molecular flexibility index (Phi) is 42.0. The largest absolute Gasteiger partial charge is 0.147 e. The second-order valence-electron chi connectivity index (χ2n) is 12.7. The molecule has 0 aliphatic carbocycles. The summed E-state index contributed by atoms with van der Waals surface area (Å²) in [5.41, 5.74) is 0. The minimum atomic E-state index is 0. The highest BCUT2D eigenvalue weighted by Crippen LogP contribution is 2.17. The lowest BCUT2D eigenvalue weighted by atomic mass is 10.0. The Bertz CT molecular complexity index is 332. The van der Waals surface area contributed by atoms with Crippen LogP contribution in [-0.2, 0) is 0 Å². The van der Waals surface area contributed by atoms with Crippen molar-refractivity contribution < 1.29 is 0 Å². The molecule has 0 aliphatic rings. The lowest BCUT2D eigenvalue weighted by molar-refractivity contribution is 0.511. The summed E-state index contributed by atoms with van der Waals surface area (Å²) in [6.07, 6.45) is 51.9. The lowest BCUT2D eigenvalue weighted by Gasteiger charge is -2.05. The quantitative estimate of drug-likeness (QED) is 0.0691. The van der Waals surface area contributed by atoms with Gasteiger partial charge in [0.2, 0.25) is 0 Å². The Hall–Kier alpha value is 0.290. The Labute approximate surface area is 250 Å². The first kappa shape index (κ1) is 40.4. The summed E-state index contributed by atoms with van der Waals surface area (Å²) in [4.78, 5) is 0. The van der Waals surface area contributed by atoms with Gasteiger partial charge < -0.3 is 0 Å². The predicted octanol–water partition coefficient (Wildman–Crippen LogP) is 15.1. The van der Waals surface area contributed by atoms with E-state index in [0.717, 1.165) is 0 Å². The standard InChI is InChI=1S/C37H76.ClH/c1-3-5-7-9-11-13-15-17-19-21-23-25-27-29-31-33-35-37-36-34-32-30-28-26-24-22-20-18-16-14-12-10-8-6-4-2;/h3-37H2,1-2H3;1H. The number of hydrogen-bond donors (Lipinski definition) is 0. The molecule has 0 aromatic heterocycles. The van der Waals surface area contributed by atoms with Gasteiger partial charge in [-0.25, -0.2) is 0 Å². The SMILES string of the molecule is CCCCCCCCCCCCCCCCCCCCCCCCCCCCCCCCCCCCC.Cl. The fourth-order valence-electron chi connectivity index (χ4n) is 5.98. The first-order valence-corrected chi connectivity index (χ1v) is 18.4. The average molecular weight is 557 g/mol. The molecule has 0 fully saturated rings. The van der Waals surface area contributed by atoms with Gasteiger partial charge >= 0.3 is 0 Å². The summed E-state index contributed by atoms with van der Waals surface area (Å²) in [5, 5.41) is 0. The molecule has 0 bridgehead atoms. The first-order chi connectivity index (χ1) is 18.4. The Morgan fingerprint density at radius 2 is 0.237 bits per heavy atom. The zero-order chi connectivity index (χ0) is 26.7. The molecule has 0 atom stereocenters. The summed E-state index contributed by atoms with van der Waals surface area (Å²) < 4.78 is 0. The molecule has 0 rings (SSSR count). The van der Waals surface area contributed by atoms with E-state index in [1.54, 1.807) is 0 Å². The summed E-state index contributed by atoms with van der Waals surface area (Å²) in [5.74, 6) is 0. The van der Waals surface area contributed by atoms with Crippen LogP contribution in [0.1, 0.15) is 239 Å². The minimum absolute atomic E-state index is 0. The van der Waals surface area contributed by atoms with Gasteiger partial charge in [0.15, 0.2) is 0 Å². The van der Waals surface area contributed by atoms with Gasteiger partial charge in [0, 0.05) is 0 Å². The summed E-state index contributed by atoms with van der Waals surface area (Å²) in [6.45, 7) is 4.62. The van der Waals surface area contributed by atoms with Crippen molar-refractivity contribution in [3.63, 3.8) is 0 Å². The molecule has 0 heterocycles. The Morgan fingerprint density at radius 3 is 0.316 bits per heavy atom. The zero-order valence-corrected chi connectivity index (χ0v) is 28.0. The molecule has 0 radical (unpaired) electrons. The van der Waals surface area contributed by atoms with Crippen molar-refractivity contribution in [2.45, 2.75) is 239 Å². The van der Waals surface area contributed by atoms with Crippen LogP contribution in [0.15, 0.2) is 0 Å². The van der Waals surface area contributed by atoms with Crippen molar-refractivity contribution in [2.24, 2.45) is 0 Å². The molecule has 0 aliphatic heterocycles. The molecule has 0 unspecified atom stereocenters. The van der Waals surface area contributed by atoms with E-state index in [4.69, 9.17) is 0 Å². The smallest absolute Gasteiger partial charge is 0.0533 e. The number of halogens is 1. The highest BCUT2D eigenvalue weighted by atomic mass is 35.5. The van der Waals surface area contributed by atoms with Crippen LogP contribution < -0.4 is 0 Å². The molecule has 0 spiro atoms. The van der Waals surface area contributed by atoms with Crippen LogP contribution >= 0.6 is 12.4 Å². The van der Waals surface area contributed by atoms with Crippen LogP contribution in [0.3, 0.4) is 0 Å². The van der Waals surface area contributed by atoms with Gasteiger partial charge in [-0.3, -0.25) is 0 Å². The van der Waals surface area contributed by atoms with Crippen molar-refractivity contribution in [1.82, 2.24) is 0 Å². The molecule has 38 heavy (non-hydrogen) atoms. The summed E-state index contributed by atoms with van der Waals surface area (Å²) >= 11 is 0. The second kappa shape index (κ2) is 39.4. The van der Waals surface area contributed by atoms with E-state index in [-0.39, 0.29) is 12.4 Å². The molecule has 0 aromatic carbocycles. The second-order valence-corrected chi connectivity index (χ2v) is 12.7. The van der Waals surface area contributed by atoms with Gasteiger partial charge in [0.1, 0.15) is 0 Å². The van der Waals surface area contributed by atoms with E-state index < -0.39 is 0 Å². The molecule has 0 N–H and O–H groups in total. The van der Waals surface area contributed by atoms with E-state index >= 15 is 0 Å². The third-order valence-corrected chi connectivity index (χ3v) is 8.71. The van der Waals surface area contributed by atoms with Crippen molar-refractivity contribution in [3.8, 4) is 0 Å². The molecule has 0 saturated carbocycles. The van der Waals surface area contributed by atoms with E-state index in [9.17, 15) is 0 Å². The van der Waals surface area contributed by atoms with Crippen molar-refractivity contribution in [2.75, 3.05) is 0 Å². The van der Waals surface area contributed by atoms with Crippen LogP contribution in [0, 0.1) is 0 Å². The Morgan fingerprint density at radius 1 is 0.158 bits per heavy atom. The number of unbranched alkanes of at least 4 members (excludes halogenated alkanes) is 34. The van der Waals surface area contributed by atoms with Gasteiger partial charge in [-0.2, -0.15) is 0 Å². The van der Waals surface area contributed by atoms with Crippen LogP contribution in [0.25, 0.3) is 0 Å². The van der Waals surface area contributed by atoms with Crippen LogP contribution in [-0.4, -0.2) is 0 Å². The maximum Gasteiger partial charge on any atom is -0.0533 e. The van der Waals surface area contributed by atoms with Crippen molar-refractivity contribution in [1.29, 1.82) is 0 Å². The molecule has 0 saturated heterocycles. The average Bonchev–Trinajstić information content (AvgIpc) is 2.91. The number of rotatable bonds is 34. The highest BCUT2D eigenvalue weighted by molar-refractivity contribution is 5.85. The van der Waals surface area contributed by atoms with Gasteiger partial charge in [-0.05, 0) is 0 Å². The molecular weight excluding hydrogens is 480 g/mol. The minimum Gasteiger partial charge on any atom is -0.147 e. The van der Waals surface area contributed by atoms with E-state index in [1.807, 2.05) is 0 Å². The van der Waals surface area contributed by atoms with Crippen LogP contribution in [0.2, 0.25) is 0 Å².